The second kappa shape index (κ2) is 7.41. The van der Waals surface area contributed by atoms with Gasteiger partial charge in [0.2, 0.25) is 5.88 Å². The average Bonchev–Trinajstić information content (AvgIpc) is 3.14. The monoisotopic (exact) mass is 352 g/mol. The quantitative estimate of drug-likeness (QED) is 0.828. The lowest BCUT2D eigenvalue weighted by Gasteiger charge is -2.28. The first-order chi connectivity index (χ1) is 12.8. The van der Waals surface area contributed by atoms with Gasteiger partial charge in [-0.05, 0) is 37.1 Å². The molecule has 0 saturated carbocycles. The van der Waals surface area contributed by atoms with Gasteiger partial charge in [0, 0.05) is 31.0 Å². The summed E-state index contributed by atoms with van der Waals surface area (Å²) in [7, 11) is 0. The number of hydrogen-bond acceptors (Lipinski definition) is 6. The number of rotatable bonds is 5. The number of ether oxygens (including phenoxy) is 2. The highest BCUT2D eigenvalue weighted by atomic mass is 16.5. The van der Waals surface area contributed by atoms with E-state index in [0.29, 0.717) is 12.4 Å². The maximum atomic E-state index is 6.07. The van der Waals surface area contributed by atoms with E-state index >= 15 is 0 Å². The zero-order valence-electron chi connectivity index (χ0n) is 15.3. The summed E-state index contributed by atoms with van der Waals surface area (Å²) in [5, 5.41) is 0. The van der Waals surface area contributed by atoms with Crippen molar-refractivity contribution in [1.82, 2.24) is 9.97 Å². The van der Waals surface area contributed by atoms with Gasteiger partial charge in [0.1, 0.15) is 5.82 Å². The molecule has 0 aliphatic carbocycles. The lowest BCUT2D eigenvalue weighted by Crippen LogP contribution is -2.36. The predicted molar refractivity (Wildman–Crippen MR) is 101 cm³/mol. The molecule has 1 unspecified atom stereocenters. The van der Waals surface area contributed by atoms with Crippen molar-refractivity contribution in [2.75, 3.05) is 31.2 Å². The molecule has 2 aliphatic heterocycles. The van der Waals surface area contributed by atoms with Crippen LogP contribution in [0.1, 0.15) is 37.0 Å². The summed E-state index contributed by atoms with van der Waals surface area (Å²) < 4.78 is 11.5. The molecule has 6 heteroatoms. The summed E-state index contributed by atoms with van der Waals surface area (Å²) in [6.45, 7) is 8.06. The molecule has 1 saturated heterocycles. The Bertz CT molecular complexity index is 815. The van der Waals surface area contributed by atoms with Crippen molar-refractivity contribution >= 4 is 11.5 Å². The van der Waals surface area contributed by atoms with Gasteiger partial charge in [0.15, 0.2) is 0 Å². The van der Waals surface area contributed by atoms with E-state index in [1.54, 1.807) is 6.20 Å². The first kappa shape index (κ1) is 17.0. The van der Waals surface area contributed by atoms with Crippen molar-refractivity contribution in [2.45, 2.75) is 32.9 Å². The summed E-state index contributed by atoms with van der Waals surface area (Å²) in [6.07, 6.45) is 4.72. The van der Waals surface area contributed by atoms with Crippen LogP contribution in [-0.2, 0) is 11.3 Å². The third-order valence-electron chi connectivity index (χ3n) is 4.89. The molecule has 2 aromatic heterocycles. The summed E-state index contributed by atoms with van der Waals surface area (Å²) in [5.41, 5.74) is 4.19. The Morgan fingerprint density at radius 3 is 2.81 bits per heavy atom. The van der Waals surface area contributed by atoms with Gasteiger partial charge in [-0.3, -0.25) is 4.99 Å². The van der Waals surface area contributed by atoms with E-state index in [9.17, 15) is 0 Å². The summed E-state index contributed by atoms with van der Waals surface area (Å²) in [5.74, 6) is 1.65. The van der Waals surface area contributed by atoms with E-state index in [2.05, 4.69) is 34.8 Å². The standard InChI is InChI=1S/C20H24N4O2/c1-3-14(2)26-20-18-16(5-7-22-20)13-23-19(18)15-4-6-21-17(12-15)24-8-10-25-11-9-24/h4-7,12,14H,3,8-11,13H2,1-2H3. The number of hydrogen-bond donors (Lipinski definition) is 0. The first-order valence-electron chi connectivity index (χ1n) is 9.24. The molecular formula is C20H24N4O2. The van der Waals surface area contributed by atoms with Gasteiger partial charge in [-0.2, -0.15) is 0 Å². The molecule has 1 fully saturated rings. The summed E-state index contributed by atoms with van der Waals surface area (Å²) in [4.78, 5) is 16.1. The Kier molecular flexibility index (Phi) is 4.84. The molecule has 1 atom stereocenters. The zero-order valence-corrected chi connectivity index (χ0v) is 15.3. The molecule has 26 heavy (non-hydrogen) atoms. The Morgan fingerprint density at radius 2 is 2.00 bits per heavy atom. The fourth-order valence-corrected chi connectivity index (χ4v) is 3.24. The average molecular weight is 352 g/mol. The van der Waals surface area contributed by atoms with E-state index in [-0.39, 0.29) is 6.10 Å². The van der Waals surface area contributed by atoms with Crippen LogP contribution in [0.15, 0.2) is 35.6 Å². The largest absolute Gasteiger partial charge is 0.474 e. The molecular weight excluding hydrogens is 328 g/mol. The molecule has 0 radical (unpaired) electrons. The van der Waals surface area contributed by atoms with E-state index in [1.807, 2.05) is 18.3 Å². The Hall–Kier alpha value is -2.47. The van der Waals surface area contributed by atoms with Gasteiger partial charge in [0.05, 0.1) is 37.1 Å². The molecule has 2 aromatic rings. The third kappa shape index (κ3) is 3.29. The van der Waals surface area contributed by atoms with Gasteiger partial charge in [-0.1, -0.05) is 6.92 Å². The topological polar surface area (TPSA) is 59.8 Å². The summed E-state index contributed by atoms with van der Waals surface area (Å²) >= 11 is 0. The Morgan fingerprint density at radius 1 is 1.19 bits per heavy atom. The second-order valence-corrected chi connectivity index (χ2v) is 6.65. The number of anilines is 1. The van der Waals surface area contributed by atoms with Crippen LogP contribution in [0.25, 0.3) is 0 Å². The Labute approximate surface area is 153 Å². The maximum Gasteiger partial charge on any atom is 0.223 e. The number of aromatic nitrogens is 2. The lowest BCUT2D eigenvalue weighted by molar-refractivity contribution is 0.122. The van der Waals surface area contributed by atoms with Crippen molar-refractivity contribution in [3.8, 4) is 5.88 Å². The molecule has 0 spiro atoms. The number of fused-ring (bicyclic) bond motifs is 1. The van der Waals surface area contributed by atoms with Gasteiger partial charge in [-0.15, -0.1) is 0 Å². The fraction of sp³-hybridized carbons (Fsp3) is 0.450. The lowest BCUT2D eigenvalue weighted by atomic mass is 10.0. The number of nitrogens with zero attached hydrogens (tertiary/aromatic N) is 4. The smallest absolute Gasteiger partial charge is 0.223 e. The van der Waals surface area contributed by atoms with Crippen LogP contribution >= 0.6 is 0 Å². The van der Waals surface area contributed by atoms with Gasteiger partial charge < -0.3 is 14.4 Å². The van der Waals surface area contributed by atoms with Crippen LogP contribution in [0.5, 0.6) is 5.88 Å². The van der Waals surface area contributed by atoms with Crippen LogP contribution in [0.4, 0.5) is 5.82 Å². The highest BCUT2D eigenvalue weighted by molar-refractivity contribution is 6.16. The molecule has 2 aliphatic rings. The van der Waals surface area contributed by atoms with Gasteiger partial charge >= 0.3 is 0 Å². The van der Waals surface area contributed by atoms with Crippen LogP contribution < -0.4 is 9.64 Å². The van der Waals surface area contributed by atoms with Crippen molar-refractivity contribution in [3.63, 3.8) is 0 Å². The van der Waals surface area contributed by atoms with Crippen molar-refractivity contribution < 1.29 is 9.47 Å². The Balaban J connectivity index is 1.67. The normalized spacial score (nSPS) is 17.6. The first-order valence-corrected chi connectivity index (χ1v) is 9.24. The fourth-order valence-electron chi connectivity index (χ4n) is 3.24. The predicted octanol–water partition coefficient (Wildman–Crippen LogP) is 2.84. The second-order valence-electron chi connectivity index (χ2n) is 6.65. The van der Waals surface area contributed by atoms with E-state index in [4.69, 9.17) is 14.5 Å². The van der Waals surface area contributed by atoms with E-state index in [1.165, 1.54) is 0 Å². The highest BCUT2D eigenvalue weighted by Crippen LogP contribution is 2.31. The minimum Gasteiger partial charge on any atom is -0.474 e. The minimum absolute atomic E-state index is 0.122. The van der Waals surface area contributed by atoms with Crippen molar-refractivity contribution in [2.24, 2.45) is 4.99 Å². The number of morpholine rings is 1. The van der Waals surface area contributed by atoms with Crippen molar-refractivity contribution in [1.29, 1.82) is 0 Å². The number of aliphatic imine (C=N–C) groups is 1. The minimum atomic E-state index is 0.122. The van der Waals surface area contributed by atoms with Gasteiger partial charge in [-0.25, -0.2) is 9.97 Å². The molecule has 4 rings (SSSR count). The molecule has 0 N–H and O–H groups in total. The van der Waals surface area contributed by atoms with Gasteiger partial charge in [0.25, 0.3) is 0 Å². The molecule has 0 amide bonds. The highest BCUT2D eigenvalue weighted by Gasteiger charge is 2.25. The SMILES string of the molecule is CCC(C)Oc1nccc2c1C(c1ccnc(N3CCOCC3)c1)=NC2. The third-order valence-corrected chi connectivity index (χ3v) is 4.89. The molecule has 4 heterocycles. The van der Waals surface area contributed by atoms with Crippen LogP contribution in [0, 0.1) is 0 Å². The van der Waals surface area contributed by atoms with E-state index < -0.39 is 0 Å². The molecule has 0 aromatic carbocycles. The summed E-state index contributed by atoms with van der Waals surface area (Å²) in [6, 6.07) is 6.15. The maximum absolute atomic E-state index is 6.07. The molecule has 136 valence electrons. The zero-order chi connectivity index (χ0) is 17.9. The van der Waals surface area contributed by atoms with Crippen molar-refractivity contribution in [3.05, 3.63) is 47.3 Å². The molecule has 0 bridgehead atoms. The van der Waals surface area contributed by atoms with E-state index in [0.717, 1.165) is 60.9 Å². The van der Waals surface area contributed by atoms with Crippen LogP contribution in [0.2, 0.25) is 0 Å². The van der Waals surface area contributed by atoms with Crippen LogP contribution in [0.3, 0.4) is 0 Å². The molecule has 6 nitrogen and oxygen atoms in total. The van der Waals surface area contributed by atoms with Crippen LogP contribution in [-0.4, -0.2) is 48.1 Å². The number of pyridine rings is 2.